The minimum Gasteiger partial charge on any atom is -0.477 e. The number of fused-ring (bicyclic) bond motifs is 2. The monoisotopic (exact) mass is 353 g/mol. The van der Waals surface area contributed by atoms with Crippen LogP contribution in [-0.2, 0) is 19.5 Å². The van der Waals surface area contributed by atoms with Gasteiger partial charge in [-0.2, -0.15) is 0 Å². The number of rotatable bonds is 3. The van der Waals surface area contributed by atoms with Crippen LogP contribution in [0.4, 0.5) is 4.39 Å². The second-order valence-electron chi connectivity index (χ2n) is 6.70. The molecule has 26 heavy (non-hydrogen) atoms. The van der Waals surface area contributed by atoms with E-state index in [9.17, 15) is 9.18 Å². The van der Waals surface area contributed by atoms with Crippen molar-refractivity contribution in [1.29, 1.82) is 0 Å². The Morgan fingerprint density at radius 2 is 1.96 bits per heavy atom. The van der Waals surface area contributed by atoms with Gasteiger partial charge in [-0.3, -0.25) is 4.90 Å². The van der Waals surface area contributed by atoms with Crippen LogP contribution in [-0.4, -0.2) is 11.6 Å². The number of nitrogens with zero attached hydrogens (tertiary/aromatic N) is 1. The number of hydrogen-bond acceptors (Lipinski definition) is 4. The Bertz CT molecular complexity index is 1020. The Morgan fingerprint density at radius 1 is 1.19 bits per heavy atom. The van der Waals surface area contributed by atoms with Crippen LogP contribution >= 0.6 is 0 Å². The molecule has 0 fully saturated rings. The van der Waals surface area contributed by atoms with E-state index in [1.807, 2.05) is 13.8 Å². The maximum absolute atomic E-state index is 13.1. The van der Waals surface area contributed by atoms with Gasteiger partial charge in [0.15, 0.2) is 0 Å². The van der Waals surface area contributed by atoms with Gasteiger partial charge >= 0.3 is 5.63 Å². The van der Waals surface area contributed by atoms with Gasteiger partial charge in [-0.25, -0.2) is 9.18 Å². The first-order valence-electron chi connectivity index (χ1n) is 8.74. The van der Waals surface area contributed by atoms with Gasteiger partial charge in [0, 0.05) is 35.7 Å². The zero-order chi connectivity index (χ0) is 18.3. The Labute approximate surface area is 150 Å². The summed E-state index contributed by atoms with van der Waals surface area (Å²) in [4.78, 5) is 14.0. The molecule has 3 aromatic rings. The van der Waals surface area contributed by atoms with Gasteiger partial charge < -0.3 is 9.15 Å². The molecule has 2 aromatic carbocycles. The van der Waals surface area contributed by atoms with Crippen molar-refractivity contribution in [2.45, 2.75) is 33.4 Å². The summed E-state index contributed by atoms with van der Waals surface area (Å²) in [5, 5.41) is 0.968. The molecule has 1 aromatic heterocycles. The van der Waals surface area contributed by atoms with Crippen molar-refractivity contribution in [3.8, 4) is 5.75 Å². The van der Waals surface area contributed by atoms with Gasteiger partial charge in [0.1, 0.15) is 23.9 Å². The maximum Gasteiger partial charge on any atom is 0.336 e. The summed E-state index contributed by atoms with van der Waals surface area (Å²) >= 11 is 0. The zero-order valence-corrected chi connectivity index (χ0v) is 14.8. The lowest BCUT2D eigenvalue weighted by atomic mass is 9.99. The highest BCUT2D eigenvalue weighted by Crippen LogP contribution is 2.36. The van der Waals surface area contributed by atoms with E-state index in [0.29, 0.717) is 18.9 Å². The molecule has 0 saturated heterocycles. The number of halogens is 1. The quantitative estimate of drug-likeness (QED) is 0.663. The lowest BCUT2D eigenvalue weighted by molar-refractivity contribution is 0.0881. The first-order valence-corrected chi connectivity index (χ1v) is 8.74. The van der Waals surface area contributed by atoms with Gasteiger partial charge in [0.05, 0.1) is 0 Å². The highest BCUT2D eigenvalue weighted by molar-refractivity contribution is 5.86. The molecular formula is C21H20FNO3. The summed E-state index contributed by atoms with van der Waals surface area (Å²) in [6, 6.07) is 10.2. The van der Waals surface area contributed by atoms with Crippen molar-refractivity contribution >= 4 is 11.0 Å². The molecular weight excluding hydrogens is 333 g/mol. The predicted molar refractivity (Wildman–Crippen MR) is 97.7 cm³/mol. The number of ether oxygens (including phenoxy) is 1. The smallest absolute Gasteiger partial charge is 0.336 e. The third-order valence-electron chi connectivity index (χ3n) is 4.86. The SMILES string of the molecule is CCc1cc(=O)oc2c(C)c3c(cc12)CN(Cc1ccc(F)cc1)CO3. The van der Waals surface area contributed by atoms with E-state index < -0.39 is 0 Å². The van der Waals surface area contributed by atoms with E-state index in [0.717, 1.165) is 46.4 Å². The van der Waals surface area contributed by atoms with Crippen LogP contribution in [0.1, 0.15) is 29.2 Å². The summed E-state index contributed by atoms with van der Waals surface area (Å²) in [6.07, 6.45) is 0.764. The fourth-order valence-corrected chi connectivity index (χ4v) is 3.57. The van der Waals surface area contributed by atoms with Crippen molar-refractivity contribution in [3.63, 3.8) is 0 Å². The lowest BCUT2D eigenvalue weighted by Gasteiger charge is -2.30. The summed E-state index contributed by atoms with van der Waals surface area (Å²) < 4.78 is 24.5. The van der Waals surface area contributed by atoms with Crippen molar-refractivity contribution in [3.05, 3.63) is 74.9 Å². The van der Waals surface area contributed by atoms with Crippen LogP contribution in [0.2, 0.25) is 0 Å². The number of benzene rings is 2. The van der Waals surface area contributed by atoms with E-state index in [1.165, 1.54) is 12.1 Å². The number of aryl methyl sites for hydroxylation is 2. The Hall–Kier alpha value is -2.66. The van der Waals surface area contributed by atoms with Crippen LogP contribution < -0.4 is 10.4 Å². The van der Waals surface area contributed by atoms with Gasteiger partial charge in [-0.15, -0.1) is 0 Å². The lowest BCUT2D eigenvalue weighted by Crippen LogP contribution is -2.32. The van der Waals surface area contributed by atoms with Crippen molar-refractivity contribution < 1.29 is 13.5 Å². The highest BCUT2D eigenvalue weighted by atomic mass is 19.1. The van der Waals surface area contributed by atoms with Gasteiger partial charge in [0.2, 0.25) is 0 Å². The van der Waals surface area contributed by atoms with E-state index >= 15 is 0 Å². The van der Waals surface area contributed by atoms with Crippen LogP contribution in [0.5, 0.6) is 5.75 Å². The third kappa shape index (κ3) is 2.99. The molecule has 0 N–H and O–H groups in total. The highest BCUT2D eigenvalue weighted by Gasteiger charge is 2.23. The molecule has 0 aliphatic carbocycles. The van der Waals surface area contributed by atoms with Crippen molar-refractivity contribution in [2.24, 2.45) is 0 Å². The van der Waals surface area contributed by atoms with Crippen molar-refractivity contribution in [1.82, 2.24) is 4.90 Å². The molecule has 0 radical (unpaired) electrons. The molecule has 1 aliphatic rings. The standard InChI is InChI=1S/C21H20FNO3/c1-3-15-9-19(24)26-21-13(2)20-16(8-18(15)21)11-23(12-25-20)10-14-4-6-17(22)7-5-14/h4-9H,3,10-12H2,1-2H3. The molecule has 4 rings (SSSR count). The molecule has 0 atom stereocenters. The number of hydrogen-bond donors (Lipinski definition) is 0. The molecule has 134 valence electrons. The van der Waals surface area contributed by atoms with Gasteiger partial charge in [-0.1, -0.05) is 19.1 Å². The molecule has 0 bridgehead atoms. The molecule has 0 unspecified atom stereocenters. The predicted octanol–water partition coefficient (Wildman–Crippen LogP) is 4.16. The zero-order valence-electron chi connectivity index (χ0n) is 14.8. The molecule has 0 amide bonds. The summed E-state index contributed by atoms with van der Waals surface area (Å²) in [5.41, 5.74) is 4.25. The summed E-state index contributed by atoms with van der Waals surface area (Å²) in [6.45, 7) is 5.81. The molecule has 5 heteroatoms. The maximum atomic E-state index is 13.1. The third-order valence-corrected chi connectivity index (χ3v) is 4.86. The first-order chi connectivity index (χ1) is 12.5. The molecule has 0 spiro atoms. The van der Waals surface area contributed by atoms with Crippen LogP contribution in [0.25, 0.3) is 11.0 Å². The van der Waals surface area contributed by atoms with Crippen LogP contribution in [0.15, 0.2) is 45.6 Å². The second-order valence-corrected chi connectivity index (χ2v) is 6.70. The summed E-state index contributed by atoms with van der Waals surface area (Å²) in [7, 11) is 0. The average molecular weight is 353 g/mol. The van der Waals surface area contributed by atoms with Gasteiger partial charge in [-0.05, 0) is 42.7 Å². The fraction of sp³-hybridized carbons (Fsp3) is 0.286. The van der Waals surface area contributed by atoms with E-state index in [4.69, 9.17) is 9.15 Å². The molecule has 2 heterocycles. The molecule has 1 aliphatic heterocycles. The van der Waals surface area contributed by atoms with Crippen LogP contribution in [0, 0.1) is 12.7 Å². The first kappa shape index (κ1) is 16.8. The Morgan fingerprint density at radius 3 is 2.69 bits per heavy atom. The Balaban J connectivity index is 1.70. The molecule has 4 nitrogen and oxygen atoms in total. The van der Waals surface area contributed by atoms with E-state index in [-0.39, 0.29) is 11.4 Å². The van der Waals surface area contributed by atoms with E-state index in [2.05, 4.69) is 11.0 Å². The molecule has 0 saturated carbocycles. The minimum absolute atomic E-state index is 0.232. The second kappa shape index (κ2) is 6.57. The fourth-order valence-electron chi connectivity index (χ4n) is 3.57. The van der Waals surface area contributed by atoms with Crippen LogP contribution in [0.3, 0.4) is 0 Å². The average Bonchev–Trinajstić information content (AvgIpc) is 2.64. The van der Waals surface area contributed by atoms with Gasteiger partial charge in [0.25, 0.3) is 0 Å². The van der Waals surface area contributed by atoms with E-state index in [1.54, 1.807) is 18.2 Å². The summed E-state index contributed by atoms with van der Waals surface area (Å²) in [5.74, 6) is 0.564. The normalized spacial score (nSPS) is 14.3. The Kier molecular flexibility index (Phi) is 4.24. The topological polar surface area (TPSA) is 42.7 Å². The largest absolute Gasteiger partial charge is 0.477 e. The van der Waals surface area contributed by atoms with Crippen molar-refractivity contribution in [2.75, 3.05) is 6.73 Å². The minimum atomic E-state index is -0.328.